The molecule has 0 amide bonds. The number of aryl methyl sites for hydroxylation is 2. The largest absolute Gasteiger partial charge is 0.309 e. The van der Waals surface area contributed by atoms with E-state index in [0.29, 0.717) is 6.04 Å². The molecule has 16 heavy (non-hydrogen) atoms. The molecule has 0 aromatic carbocycles. The quantitative estimate of drug-likeness (QED) is 0.819. The minimum absolute atomic E-state index is 0.554. The monoisotopic (exact) mass is 238 g/mol. The Kier molecular flexibility index (Phi) is 3.98. The van der Waals surface area contributed by atoms with Crippen LogP contribution in [0.1, 0.15) is 54.2 Å². The summed E-state index contributed by atoms with van der Waals surface area (Å²) in [6.07, 6.45) is 5.38. The molecule has 0 radical (unpaired) electrons. The predicted octanol–water partition coefficient (Wildman–Crippen LogP) is 3.60. The van der Waals surface area contributed by atoms with Gasteiger partial charge in [0.2, 0.25) is 0 Å². The van der Waals surface area contributed by atoms with Crippen LogP contribution in [0.3, 0.4) is 0 Å². The van der Waals surface area contributed by atoms with Gasteiger partial charge in [0.25, 0.3) is 0 Å². The van der Waals surface area contributed by atoms with Gasteiger partial charge in [-0.1, -0.05) is 19.8 Å². The lowest BCUT2D eigenvalue weighted by Crippen LogP contribution is -2.22. The first-order valence-electron chi connectivity index (χ1n) is 6.38. The van der Waals surface area contributed by atoms with E-state index in [-0.39, 0.29) is 0 Å². The Morgan fingerprint density at radius 3 is 2.69 bits per heavy atom. The Bertz CT molecular complexity index is 342. The van der Waals surface area contributed by atoms with Gasteiger partial charge in [-0.25, -0.2) is 4.98 Å². The van der Waals surface area contributed by atoms with Crippen LogP contribution in [0.15, 0.2) is 0 Å². The zero-order valence-corrected chi connectivity index (χ0v) is 11.4. The Labute approximate surface area is 102 Å². The van der Waals surface area contributed by atoms with Gasteiger partial charge in [0.05, 0.1) is 10.7 Å². The Morgan fingerprint density at radius 1 is 1.44 bits per heavy atom. The summed E-state index contributed by atoms with van der Waals surface area (Å²) < 4.78 is 0. The molecular formula is C13H22N2S. The van der Waals surface area contributed by atoms with Crippen molar-refractivity contribution >= 4 is 11.3 Å². The lowest BCUT2D eigenvalue weighted by Gasteiger charge is -2.17. The summed E-state index contributed by atoms with van der Waals surface area (Å²) in [4.78, 5) is 6.02. The Balaban J connectivity index is 2.06. The van der Waals surface area contributed by atoms with Crippen molar-refractivity contribution in [1.82, 2.24) is 10.3 Å². The van der Waals surface area contributed by atoms with Crippen molar-refractivity contribution in [1.29, 1.82) is 0 Å². The maximum atomic E-state index is 4.55. The van der Waals surface area contributed by atoms with Gasteiger partial charge in [0.15, 0.2) is 0 Å². The highest BCUT2D eigenvalue weighted by atomic mass is 32.1. The number of hydrogen-bond donors (Lipinski definition) is 1. The Hall–Kier alpha value is -0.410. The van der Waals surface area contributed by atoms with Gasteiger partial charge in [-0.15, -0.1) is 11.3 Å². The standard InChI is InChI=1S/C13H22N2S/c1-4-7-14-12(8-11-5-6-11)13-9(2)15-10(3)16-13/h11-12,14H,4-8H2,1-3H3. The average Bonchev–Trinajstić information content (AvgIpc) is 2.99. The first kappa shape index (κ1) is 12.1. The molecule has 0 aliphatic heterocycles. The molecule has 90 valence electrons. The second-order valence-corrected chi connectivity index (χ2v) is 6.10. The number of aromatic nitrogens is 1. The fourth-order valence-electron chi connectivity index (χ4n) is 2.16. The first-order chi connectivity index (χ1) is 7.70. The number of nitrogens with one attached hydrogen (secondary N) is 1. The molecule has 1 atom stereocenters. The van der Waals surface area contributed by atoms with Gasteiger partial charge < -0.3 is 5.32 Å². The van der Waals surface area contributed by atoms with Gasteiger partial charge in [-0.05, 0) is 39.2 Å². The van der Waals surface area contributed by atoms with Crippen LogP contribution in [-0.4, -0.2) is 11.5 Å². The van der Waals surface area contributed by atoms with Crippen LogP contribution in [0.4, 0.5) is 0 Å². The van der Waals surface area contributed by atoms with Crippen molar-refractivity contribution in [2.24, 2.45) is 5.92 Å². The van der Waals surface area contributed by atoms with Gasteiger partial charge in [-0.3, -0.25) is 0 Å². The zero-order valence-electron chi connectivity index (χ0n) is 10.5. The van der Waals surface area contributed by atoms with Crippen molar-refractivity contribution in [2.75, 3.05) is 6.54 Å². The van der Waals surface area contributed by atoms with E-state index in [0.717, 1.165) is 12.5 Å². The molecule has 1 fully saturated rings. The lowest BCUT2D eigenvalue weighted by molar-refractivity contribution is 0.478. The van der Waals surface area contributed by atoms with E-state index in [1.807, 2.05) is 11.3 Å². The molecule has 1 aromatic heterocycles. The first-order valence-corrected chi connectivity index (χ1v) is 7.19. The molecule has 1 saturated carbocycles. The molecule has 1 aromatic rings. The fraction of sp³-hybridized carbons (Fsp3) is 0.769. The van der Waals surface area contributed by atoms with Crippen LogP contribution >= 0.6 is 11.3 Å². The summed E-state index contributed by atoms with van der Waals surface area (Å²) in [5, 5.41) is 4.88. The number of nitrogens with zero attached hydrogens (tertiary/aromatic N) is 1. The minimum atomic E-state index is 0.554. The molecule has 1 aliphatic carbocycles. The maximum absolute atomic E-state index is 4.55. The van der Waals surface area contributed by atoms with Gasteiger partial charge in [-0.2, -0.15) is 0 Å². The minimum Gasteiger partial charge on any atom is -0.309 e. The van der Waals surface area contributed by atoms with Crippen molar-refractivity contribution in [3.63, 3.8) is 0 Å². The maximum Gasteiger partial charge on any atom is 0.0900 e. The van der Waals surface area contributed by atoms with Crippen LogP contribution in [-0.2, 0) is 0 Å². The van der Waals surface area contributed by atoms with Gasteiger partial charge in [0.1, 0.15) is 0 Å². The summed E-state index contributed by atoms with van der Waals surface area (Å²) in [5.41, 5.74) is 1.23. The fourth-order valence-corrected chi connectivity index (χ4v) is 3.17. The van der Waals surface area contributed by atoms with E-state index >= 15 is 0 Å². The van der Waals surface area contributed by atoms with Crippen LogP contribution in [0.25, 0.3) is 0 Å². The number of thiazole rings is 1. The molecule has 0 bridgehead atoms. The van der Waals surface area contributed by atoms with Crippen molar-refractivity contribution in [3.8, 4) is 0 Å². The highest BCUT2D eigenvalue weighted by Gasteiger charge is 2.27. The molecular weight excluding hydrogens is 216 g/mol. The highest BCUT2D eigenvalue weighted by molar-refractivity contribution is 7.11. The molecule has 0 spiro atoms. The molecule has 2 nitrogen and oxygen atoms in total. The van der Waals surface area contributed by atoms with Crippen LogP contribution in [0.2, 0.25) is 0 Å². The third-order valence-electron chi connectivity index (χ3n) is 3.16. The second-order valence-electron chi connectivity index (χ2n) is 4.87. The van der Waals surface area contributed by atoms with Gasteiger partial charge in [0, 0.05) is 10.9 Å². The van der Waals surface area contributed by atoms with Gasteiger partial charge >= 0.3 is 0 Å². The highest BCUT2D eigenvalue weighted by Crippen LogP contribution is 2.39. The smallest absolute Gasteiger partial charge is 0.0900 e. The lowest BCUT2D eigenvalue weighted by atomic mass is 10.1. The van der Waals surface area contributed by atoms with Crippen LogP contribution in [0.5, 0.6) is 0 Å². The molecule has 1 heterocycles. The topological polar surface area (TPSA) is 24.9 Å². The summed E-state index contributed by atoms with van der Waals surface area (Å²) in [6, 6.07) is 0.554. The summed E-state index contributed by atoms with van der Waals surface area (Å²) in [5.74, 6) is 0.969. The van der Waals surface area contributed by atoms with Crippen molar-refractivity contribution < 1.29 is 0 Å². The molecule has 1 unspecified atom stereocenters. The Morgan fingerprint density at radius 2 is 2.19 bits per heavy atom. The van der Waals surface area contributed by atoms with E-state index < -0.39 is 0 Å². The van der Waals surface area contributed by atoms with Crippen molar-refractivity contribution in [2.45, 2.75) is 52.5 Å². The summed E-state index contributed by atoms with van der Waals surface area (Å²) >= 11 is 1.87. The summed E-state index contributed by atoms with van der Waals surface area (Å²) in [6.45, 7) is 7.60. The van der Waals surface area contributed by atoms with Crippen LogP contribution < -0.4 is 5.32 Å². The van der Waals surface area contributed by atoms with E-state index in [1.54, 1.807) is 0 Å². The number of hydrogen-bond acceptors (Lipinski definition) is 3. The average molecular weight is 238 g/mol. The molecule has 1 aliphatic rings. The van der Waals surface area contributed by atoms with E-state index in [2.05, 4.69) is 31.1 Å². The van der Waals surface area contributed by atoms with E-state index in [9.17, 15) is 0 Å². The van der Waals surface area contributed by atoms with E-state index in [4.69, 9.17) is 0 Å². The predicted molar refractivity (Wildman–Crippen MR) is 70.0 cm³/mol. The summed E-state index contributed by atoms with van der Waals surface area (Å²) in [7, 11) is 0. The second kappa shape index (κ2) is 5.28. The molecule has 2 rings (SSSR count). The third kappa shape index (κ3) is 3.05. The molecule has 1 N–H and O–H groups in total. The molecule has 3 heteroatoms. The van der Waals surface area contributed by atoms with Crippen LogP contribution in [0, 0.1) is 19.8 Å². The van der Waals surface area contributed by atoms with E-state index in [1.165, 1.54) is 41.3 Å². The normalized spacial score (nSPS) is 17.7. The SMILES string of the molecule is CCCNC(CC1CC1)c1sc(C)nc1C. The third-order valence-corrected chi connectivity index (χ3v) is 4.35. The number of rotatable bonds is 6. The zero-order chi connectivity index (χ0) is 11.5. The van der Waals surface area contributed by atoms with Crippen molar-refractivity contribution in [3.05, 3.63) is 15.6 Å². The molecule has 0 saturated heterocycles.